The van der Waals surface area contributed by atoms with E-state index in [0.717, 1.165) is 5.56 Å². The summed E-state index contributed by atoms with van der Waals surface area (Å²) in [7, 11) is 0. The number of nitrogens with zero attached hydrogens (tertiary/aromatic N) is 1. The fourth-order valence-electron chi connectivity index (χ4n) is 1.48. The lowest BCUT2D eigenvalue weighted by Gasteiger charge is -2.07. The van der Waals surface area contributed by atoms with Crippen molar-refractivity contribution in [2.45, 2.75) is 6.54 Å². The molecule has 0 saturated heterocycles. The first-order valence-corrected chi connectivity index (χ1v) is 5.36. The molecule has 0 bridgehead atoms. The highest BCUT2D eigenvalue weighted by molar-refractivity contribution is 5.97. The third-order valence-corrected chi connectivity index (χ3v) is 2.43. The quantitative estimate of drug-likeness (QED) is 0.713. The van der Waals surface area contributed by atoms with Gasteiger partial charge in [-0.25, -0.2) is 0 Å². The minimum atomic E-state index is -0.444. The van der Waals surface area contributed by atoms with Crippen LogP contribution in [0.2, 0.25) is 0 Å². The first-order valence-electron chi connectivity index (χ1n) is 5.36. The molecule has 0 atom stereocenters. The molecule has 5 heteroatoms. The Morgan fingerprint density at radius 2 is 1.89 bits per heavy atom. The van der Waals surface area contributed by atoms with Gasteiger partial charge in [0.15, 0.2) is 0 Å². The standard InChI is InChI=1S/C13H12N2O3/c16-10-1-2-12(17)11(7-10)13(18)15-8-9-3-5-14-6-4-9/h1-7,16-17H,8H2,(H,15,18). The summed E-state index contributed by atoms with van der Waals surface area (Å²) in [6.07, 6.45) is 3.26. The predicted octanol–water partition coefficient (Wildman–Crippen LogP) is 1.42. The van der Waals surface area contributed by atoms with Crippen LogP contribution >= 0.6 is 0 Å². The fraction of sp³-hybridized carbons (Fsp3) is 0.0769. The number of pyridine rings is 1. The number of amides is 1. The van der Waals surface area contributed by atoms with E-state index in [1.807, 2.05) is 0 Å². The average molecular weight is 244 g/mol. The van der Waals surface area contributed by atoms with E-state index in [9.17, 15) is 15.0 Å². The first-order chi connectivity index (χ1) is 8.66. The van der Waals surface area contributed by atoms with Crippen LogP contribution in [0, 0.1) is 0 Å². The molecule has 0 unspecified atom stereocenters. The van der Waals surface area contributed by atoms with Crippen molar-refractivity contribution in [1.82, 2.24) is 10.3 Å². The molecule has 1 aromatic carbocycles. The number of hydrogen-bond donors (Lipinski definition) is 3. The molecule has 1 heterocycles. The molecule has 3 N–H and O–H groups in total. The number of benzene rings is 1. The molecule has 0 aliphatic rings. The highest BCUT2D eigenvalue weighted by Crippen LogP contribution is 2.21. The van der Waals surface area contributed by atoms with E-state index in [1.165, 1.54) is 18.2 Å². The van der Waals surface area contributed by atoms with Crippen LogP contribution in [0.3, 0.4) is 0 Å². The van der Waals surface area contributed by atoms with E-state index in [-0.39, 0.29) is 17.1 Å². The minimum absolute atomic E-state index is 0.0454. The molecule has 0 aliphatic carbocycles. The number of phenolic OH excluding ortho intramolecular Hbond substituents is 2. The second-order valence-corrected chi connectivity index (χ2v) is 3.74. The zero-order valence-electron chi connectivity index (χ0n) is 9.50. The Labute approximate surface area is 104 Å². The highest BCUT2D eigenvalue weighted by atomic mass is 16.3. The van der Waals surface area contributed by atoms with Gasteiger partial charge in [0.2, 0.25) is 0 Å². The Morgan fingerprint density at radius 3 is 2.61 bits per heavy atom. The van der Waals surface area contributed by atoms with Crippen molar-refractivity contribution < 1.29 is 15.0 Å². The molecule has 18 heavy (non-hydrogen) atoms. The van der Waals surface area contributed by atoms with Gasteiger partial charge in [-0.3, -0.25) is 9.78 Å². The molecular weight excluding hydrogens is 232 g/mol. The van der Waals surface area contributed by atoms with E-state index < -0.39 is 5.91 Å². The van der Waals surface area contributed by atoms with Crippen molar-refractivity contribution >= 4 is 5.91 Å². The predicted molar refractivity (Wildman–Crippen MR) is 65.2 cm³/mol. The Balaban J connectivity index is 2.06. The summed E-state index contributed by atoms with van der Waals surface area (Å²) < 4.78 is 0. The van der Waals surface area contributed by atoms with Gasteiger partial charge < -0.3 is 15.5 Å². The number of hydrogen-bond acceptors (Lipinski definition) is 4. The van der Waals surface area contributed by atoms with Crippen LogP contribution in [0.15, 0.2) is 42.7 Å². The number of aromatic nitrogens is 1. The van der Waals surface area contributed by atoms with Gasteiger partial charge in [-0.05, 0) is 35.9 Å². The number of rotatable bonds is 3. The van der Waals surface area contributed by atoms with E-state index >= 15 is 0 Å². The van der Waals surface area contributed by atoms with Crippen LogP contribution < -0.4 is 5.32 Å². The van der Waals surface area contributed by atoms with Crippen molar-refractivity contribution in [2.75, 3.05) is 0 Å². The molecule has 0 saturated carbocycles. The topological polar surface area (TPSA) is 82.5 Å². The Bertz CT molecular complexity index is 555. The summed E-state index contributed by atoms with van der Waals surface area (Å²) in [5.41, 5.74) is 0.946. The minimum Gasteiger partial charge on any atom is -0.508 e. The average Bonchev–Trinajstić information content (AvgIpc) is 2.40. The monoisotopic (exact) mass is 244 g/mol. The SMILES string of the molecule is O=C(NCc1ccncc1)c1cc(O)ccc1O. The molecule has 0 radical (unpaired) electrons. The first kappa shape index (κ1) is 11.9. The number of carbonyl (C=O) groups excluding carboxylic acids is 1. The van der Waals surface area contributed by atoms with Gasteiger partial charge in [-0.1, -0.05) is 0 Å². The summed E-state index contributed by atoms with van der Waals surface area (Å²) in [6, 6.07) is 7.37. The van der Waals surface area contributed by atoms with Crippen LogP contribution in [0.4, 0.5) is 0 Å². The maximum absolute atomic E-state index is 11.8. The van der Waals surface area contributed by atoms with E-state index in [4.69, 9.17) is 0 Å². The summed E-state index contributed by atoms with van der Waals surface area (Å²) in [4.78, 5) is 15.7. The number of nitrogens with one attached hydrogen (secondary N) is 1. The molecule has 0 fully saturated rings. The fourth-order valence-corrected chi connectivity index (χ4v) is 1.48. The molecular formula is C13H12N2O3. The van der Waals surface area contributed by atoms with Gasteiger partial charge in [0.1, 0.15) is 11.5 Å². The van der Waals surface area contributed by atoms with Crippen molar-refractivity contribution in [1.29, 1.82) is 0 Å². The summed E-state index contributed by atoms with van der Waals surface area (Å²) in [6.45, 7) is 0.330. The van der Waals surface area contributed by atoms with Crippen LogP contribution in [0.5, 0.6) is 11.5 Å². The van der Waals surface area contributed by atoms with Crippen LogP contribution in [0.1, 0.15) is 15.9 Å². The number of phenols is 2. The molecule has 2 rings (SSSR count). The van der Waals surface area contributed by atoms with Crippen molar-refractivity contribution in [3.63, 3.8) is 0 Å². The zero-order chi connectivity index (χ0) is 13.0. The Morgan fingerprint density at radius 1 is 1.17 bits per heavy atom. The van der Waals surface area contributed by atoms with Gasteiger partial charge in [0.25, 0.3) is 5.91 Å². The normalized spacial score (nSPS) is 10.0. The van der Waals surface area contributed by atoms with E-state index in [1.54, 1.807) is 24.5 Å². The lowest BCUT2D eigenvalue weighted by atomic mass is 10.1. The third kappa shape index (κ3) is 2.76. The maximum atomic E-state index is 11.8. The maximum Gasteiger partial charge on any atom is 0.255 e. The molecule has 5 nitrogen and oxygen atoms in total. The Hall–Kier alpha value is -2.56. The number of aromatic hydroxyl groups is 2. The third-order valence-electron chi connectivity index (χ3n) is 2.43. The van der Waals surface area contributed by atoms with Gasteiger partial charge >= 0.3 is 0 Å². The van der Waals surface area contributed by atoms with Crippen LogP contribution in [0.25, 0.3) is 0 Å². The van der Waals surface area contributed by atoms with E-state index in [0.29, 0.717) is 6.54 Å². The van der Waals surface area contributed by atoms with Crippen LogP contribution in [-0.4, -0.2) is 21.1 Å². The lowest BCUT2D eigenvalue weighted by molar-refractivity contribution is 0.0948. The van der Waals surface area contributed by atoms with Crippen molar-refractivity contribution in [3.8, 4) is 11.5 Å². The molecule has 0 aliphatic heterocycles. The summed E-state index contributed by atoms with van der Waals surface area (Å²) in [5.74, 6) is -0.679. The van der Waals surface area contributed by atoms with Gasteiger partial charge in [0, 0.05) is 18.9 Å². The van der Waals surface area contributed by atoms with Crippen molar-refractivity contribution in [3.05, 3.63) is 53.9 Å². The molecule has 1 aromatic heterocycles. The number of carbonyl (C=O) groups is 1. The molecule has 2 aromatic rings. The molecule has 0 spiro atoms. The van der Waals surface area contributed by atoms with Gasteiger partial charge in [-0.2, -0.15) is 0 Å². The van der Waals surface area contributed by atoms with Gasteiger partial charge in [-0.15, -0.1) is 0 Å². The largest absolute Gasteiger partial charge is 0.508 e. The lowest BCUT2D eigenvalue weighted by Crippen LogP contribution is -2.22. The van der Waals surface area contributed by atoms with E-state index in [2.05, 4.69) is 10.3 Å². The highest BCUT2D eigenvalue weighted by Gasteiger charge is 2.11. The van der Waals surface area contributed by atoms with Crippen molar-refractivity contribution in [2.24, 2.45) is 0 Å². The second-order valence-electron chi connectivity index (χ2n) is 3.74. The molecule has 92 valence electrons. The molecule has 1 amide bonds. The second kappa shape index (κ2) is 5.18. The summed E-state index contributed by atoms with van der Waals surface area (Å²) in [5, 5.41) is 21.4. The van der Waals surface area contributed by atoms with Gasteiger partial charge in [0.05, 0.1) is 5.56 Å². The summed E-state index contributed by atoms with van der Waals surface area (Å²) >= 11 is 0. The zero-order valence-corrected chi connectivity index (χ0v) is 9.50. The Kier molecular flexibility index (Phi) is 3.43. The smallest absolute Gasteiger partial charge is 0.255 e. The van der Waals surface area contributed by atoms with Crippen LogP contribution in [-0.2, 0) is 6.54 Å².